The largest absolute Gasteiger partial charge is 0.326 e. The summed E-state index contributed by atoms with van der Waals surface area (Å²) in [5.74, 6) is -0.373. The van der Waals surface area contributed by atoms with E-state index in [2.05, 4.69) is 5.32 Å². The second-order valence-corrected chi connectivity index (χ2v) is 10.9. The van der Waals surface area contributed by atoms with Gasteiger partial charge in [0.15, 0.2) is 0 Å². The molecule has 10 heteroatoms. The summed E-state index contributed by atoms with van der Waals surface area (Å²) in [5.41, 5.74) is 0.520. The Labute approximate surface area is 168 Å². The molecule has 0 atom stereocenters. The van der Waals surface area contributed by atoms with Crippen molar-refractivity contribution >= 4 is 31.6 Å². The fraction of sp³-hybridized carbons (Fsp3) is 0.611. The third-order valence-corrected chi connectivity index (χ3v) is 8.99. The van der Waals surface area contributed by atoms with E-state index in [4.69, 9.17) is 0 Å². The molecule has 1 aromatic rings. The molecular weight excluding hydrogens is 402 g/mol. The van der Waals surface area contributed by atoms with Gasteiger partial charge in [0.05, 0.1) is 10.6 Å². The number of amides is 1. The first-order valence-corrected chi connectivity index (χ1v) is 12.6. The van der Waals surface area contributed by atoms with E-state index in [0.29, 0.717) is 44.7 Å². The van der Waals surface area contributed by atoms with E-state index in [1.165, 1.54) is 20.7 Å². The van der Waals surface area contributed by atoms with Gasteiger partial charge in [0.25, 0.3) is 0 Å². The number of carbonyl (C=O) groups is 1. The number of nitrogens with zero attached hydrogens (tertiary/aromatic N) is 2. The molecule has 1 aliphatic rings. The van der Waals surface area contributed by atoms with Crippen LogP contribution in [0.25, 0.3) is 0 Å². The lowest BCUT2D eigenvalue weighted by Gasteiger charge is -2.30. The minimum absolute atomic E-state index is 0.0621. The molecule has 1 aromatic carbocycles. The van der Waals surface area contributed by atoms with Gasteiger partial charge in [-0.3, -0.25) is 4.79 Å². The molecule has 28 heavy (non-hydrogen) atoms. The molecule has 0 bridgehead atoms. The van der Waals surface area contributed by atoms with Crippen molar-refractivity contribution in [3.63, 3.8) is 0 Å². The van der Waals surface area contributed by atoms with Crippen molar-refractivity contribution < 1.29 is 21.6 Å². The van der Waals surface area contributed by atoms with Crippen molar-refractivity contribution in [2.24, 2.45) is 5.92 Å². The highest BCUT2D eigenvalue weighted by Gasteiger charge is 2.30. The van der Waals surface area contributed by atoms with E-state index in [9.17, 15) is 21.6 Å². The molecule has 2 rings (SSSR count). The zero-order valence-corrected chi connectivity index (χ0v) is 18.2. The molecule has 0 unspecified atom stereocenters. The average molecular weight is 432 g/mol. The second kappa shape index (κ2) is 9.34. The Hall–Kier alpha value is -1.49. The van der Waals surface area contributed by atoms with Crippen LogP contribution < -0.4 is 5.32 Å². The number of sulfonamides is 2. The molecule has 0 radical (unpaired) electrons. The summed E-state index contributed by atoms with van der Waals surface area (Å²) in [6, 6.07) is 6.12. The summed E-state index contributed by atoms with van der Waals surface area (Å²) in [5, 5.41) is 2.80. The van der Waals surface area contributed by atoms with Gasteiger partial charge < -0.3 is 5.32 Å². The van der Waals surface area contributed by atoms with Crippen LogP contribution in [0.1, 0.15) is 33.6 Å². The number of carbonyl (C=O) groups excluding carboxylic acids is 1. The second-order valence-electron chi connectivity index (χ2n) is 6.68. The number of benzene rings is 1. The van der Waals surface area contributed by atoms with Gasteiger partial charge in [-0.1, -0.05) is 13.8 Å². The van der Waals surface area contributed by atoms with Gasteiger partial charge in [0.2, 0.25) is 26.0 Å². The lowest BCUT2D eigenvalue weighted by atomic mass is 9.97. The third kappa shape index (κ3) is 5.11. The lowest BCUT2D eigenvalue weighted by molar-refractivity contribution is -0.120. The molecule has 1 N–H and O–H groups in total. The zero-order chi connectivity index (χ0) is 20.9. The summed E-state index contributed by atoms with van der Waals surface area (Å²) < 4.78 is 51.6. The van der Waals surface area contributed by atoms with Crippen LogP contribution in [0.4, 0.5) is 5.69 Å². The Balaban J connectivity index is 1.99. The molecule has 0 aliphatic carbocycles. The van der Waals surface area contributed by atoms with Gasteiger partial charge in [-0.05, 0) is 44.0 Å². The van der Waals surface area contributed by atoms with E-state index < -0.39 is 20.0 Å². The van der Waals surface area contributed by atoms with E-state index in [-0.39, 0.29) is 22.5 Å². The molecule has 0 aromatic heterocycles. The normalized spacial score (nSPS) is 17.0. The fourth-order valence-electron chi connectivity index (χ4n) is 3.25. The topological polar surface area (TPSA) is 104 Å². The Morgan fingerprint density at radius 2 is 1.57 bits per heavy atom. The highest BCUT2D eigenvalue weighted by atomic mass is 32.2. The Morgan fingerprint density at radius 1 is 1.04 bits per heavy atom. The first kappa shape index (κ1) is 22.8. The van der Waals surface area contributed by atoms with Crippen LogP contribution >= 0.6 is 0 Å². The highest BCUT2D eigenvalue weighted by Crippen LogP contribution is 2.23. The van der Waals surface area contributed by atoms with Crippen molar-refractivity contribution in [2.75, 3.05) is 37.2 Å². The molecule has 1 saturated heterocycles. The molecular formula is C18H29N3O5S2. The zero-order valence-electron chi connectivity index (χ0n) is 16.6. The van der Waals surface area contributed by atoms with Crippen LogP contribution in [-0.4, -0.2) is 63.3 Å². The van der Waals surface area contributed by atoms with Gasteiger partial charge in [0, 0.05) is 37.8 Å². The molecule has 0 saturated carbocycles. The smallest absolute Gasteiger partial charge is 0.243 e. The summed E-state index contributed by atoms with van der Waals surface area (Å²) in [4.78, 5) is 12.7. The molecule has 1 heterocycles. The van der Waals surface area contributed by atoms with Gasteiger partial charge in [-0.15, -0.1) is 0 Å². The summed E-state index contributed by atoms with van der Waals surface area (Å²) in [6.07, 6.45) is 0.943. The predicted octanol–water partition coefficient (Wildman–Crippen LogP) is 1.72. The standard InChI is InChI=1S/C18H29N3O5S2/c1-4-20(5-2)28(25,26)17-9-7-16(8-10-17)19-18(22)15-11-13-21(14-12-15)27(23,24)6-3/h7-10,15H,4-6,11-14H2,1-3H3,(H,19,22). The molecule has 0 spiro atoms. The number of hydrogen-bond acceptors (Lipinski definition) is 5. The minimum Gasteiger partial charge on any atom is -0.326 e. The first-order valence-electron chi connectivity index (χ1n) is 9.54. The van der Waals surface area contributed by atoms with Gasteiger partial charge in [-0.25, -0.2) is 21.1 Å². The number of piperidine rings is 1. The number of rotatable bonds is 8. The summed E-state index contributed by atoms with van der Waals surface area (Å²) in [6.45, 7) is 6.65. The van der Waals surface area contributed by atoms with Crippen LogP contribution in [0.15, 0.2) is 29.2 Å². The van der Waals surface area contributed by atoms with Crippen LogP contribution in [0.3, 0.4) is 0 Å². The minimum atomic E-state index is -3.53. The van der Waals surface area contributed by atoms with Crippen molar-refractivity contribution in [2.45, 2.75) is 38.5 Å². The monoisotopic (exact) mass is 431 g/mol. The molecule has 1 aliphatic heterocycles. The highest BCUT2D eigenvalue weighted by molar-refractivity contribution is 7.89. The number of nitrogens with one attached hydrogen (secondary N) is 1. The maximum Gasteiger partial charge on any atom is 0.243 e. The predicted molar refractivity (Wildman–Crippen MR) is 109 cm³/mol. The van der Waals surface area contributed by atoms with Gasteiger partial charge >= 0.3 is 0 Å². The van der Waals surface area contributed by atoms with Crippen molar-refractivity contribution in [1.29, 1.82) is 0 Å². The van der Waals surface area contributed by atoms with Gasteiger partial charge in [-0.2, -0.15) is 4.31 Å². The maximum absolute atomic E-state index is 12.5. The quantitative estimate of drug-likeness (QED) is 0.675. The average Bonchev–Trinajstić information content (AvgIpc) is 2.69. The van der Waals surface area contributed by atoms with E-state index in [1.54, 1.807) is 32.9 Å². The van der Waals surface area contributed by atoms with Crippen LogP contribution in [0, 0.1) is 5.92 Å². The van der Waals surface area contributed by atoms with Gasteiger partial charge in [0.1, 0.15) is 0 Å². The van der Waals surface area contributed by atoms with E-state index >= 15 is 0 Å². The van der Waals surface area contributed by atoms with E-state index in [0.717, 1.165) is 0 Å². The van der Waals surface area contributed by atoms with Crippen LogP contribution in [-0.2, 0) is 24.8 Å². The van der Waals surface area contributed by atoms with Crippen LogP contribution in [0.5, 0.6) is 0 Å². The third-order valence-electron chi connectivity index (χ3n) is 5.05. The van der Waals surface area contributed by atoms with Crippen molar-refractivity contribution in [1.82, 2.24) is 8.61 Å². The molecule has 1 fully saturated rings. The summed E-state index contributed by atoms with van der Waals surface area (Å²) >= 11 is 0. The first-order chi connectivity index (χ1) is 13.2. The number of anilines is 1. The summed E-state index contributed by atoms with van der Waals surface area (Å²) in [7, 11) is -6.75. The van der Waals surface area contributed by atoms with Crippen molar-refractivity contribution in [3.8, 4) is 0 Å². The lowest BCUT2D eigenvalue weighted by Crippen LogP contribution is -2.42. The number of hydrogen-bond donors (Lipinski definition) is 1. The molecule has 8 nitrogen and oxygen atoms in total. The van der Waals surface area contributed by atoms with Crippen LogP contribution in [0.2, 0.25) is 0 Å². The SMILES string of the molecule is CCN(CC)S(=O)(=O)c1ccc(NC(=O)C2CCN(S(=O)(=O)CC)CC2)cc1. The Morgan fingerprint density at radius 3 is 2.04 bits per heavy atom. The fourth-order valence-corrected chi connectivity index (χ4v) is 5.84. The van der Waals surface area contributed by atoms with Crippen molar-refractivity contribution in [3.05, 3.63) is 24.3 Å². The van der Waals surface area contributed by atoms with E-state index in [1.807, 2.05) is 0 Å². The molecule has 1 amide bonds. The Bertz CT molecular complexity index is 870. The molecule has 158 valence electrons. The Kier molecular flexibility index (Phi) is 7.60. The maximum atomic E-state index is 12.5.